The van der Waals surface area contributed by atoms with Crippen LogP contribution in [-0.4, -0.2) is 19.5 Å². The third kappa shape index (κ3) is 4.69. The molecule has 0 spiro atoms. The quantitative estimate of drug-likeness (QED) is 0.180. The van der Waals surface area contributed by atoms with Crippen molar-refractivity contribution in [1.82, 2.24) is 19.5 Å². The van der Waals surface area contributed by atoms with E-state index in [1.165, 1.54) is 38.2 Å². The second-order valence-electron chi connectivity index (χ2n) is 13.7. The van der Waals surface area contributed by atoms with Gasteiger partial charge in [0.15, 0.2) is 17.5 Å². The highest BCUT2D eigenvalue weighted by Crippen LogP contribution is 2.55. The summed E-state index contributed by atoms with van der Waals surface area (Å²) in [5.41, 5.74) is 12.0. The summed E-state index contributed by atoms with van der Waals surface area (Å²) in [7, 11) is 0. The molecular formula is C49H31N5. The Kier molecular flexibility index (Phi) is 6.79. The highest BCUT2D eigenvalue weighted by atomic mass is 15.2. The standard InChI is InChI=1S/C49H31N5/c1-4-15-33(16-5-1)47-50-48(34-17-6-2-7-18-34)52-49(51-47)35-21-12-24-37(31-35)54-43-28-14-20-32-19-13-26-39(44(32)43)41-30-29-40-38-25-10-11-27-42(38)53(45(40)46(41)54)36-22-8-3-9-23-36/h1-31H. The van der Waals surface area contributed by atoms with Gasteiger partial charge >= 0.3 is 0 Å². The van der Waals surface area contributed by atoms with Gasteiger partial charge in [-0.3, -0.25) is 0 Å². The molecule has 0 amide bonds. The molecule has 0 N–H and O–H groups in total. The van der Waals surface area contributed by atoms with Crippen molar-refractivity contribution in [3.63, 3.8) is 0 Å². The van der Waals surface area contributed by atoms with Gasteiger partial charge in [-0.05, 0) is 47.3 Å². The molecule has 0 saturated carbocycles. The normalized spacial score (nSPS) is 12.0. The summed E-state index contributed by atoms with van der Waals surface area (Å²) in [6.07, 6.45) is 0. The van der Waals surface area contributed by atoms with Gasteiger partial charge in [0.2, 0.25) is 0 Å². The van der Waals surface area contributed by atoms with E-state index in [1.54, 1.807) is 0 Å². The van der Waals surface area contributed by atoms with E-state index < -0.39 is 0 Å². The average molecular weight is 690 g/mol. The first-order chi connectivity index (χ1) is 26.8. The van der Waals surface area contributed by atoms with Crippen LogP contribution in [0, 0.1) is 0 Å². The fourth-order valence-electron chi connectivity index (χ4n) is 8.17. The van der Waals surface area contributed by atoms with E-state index in [0.717, 1.165) is 45.0 Å². The summed E-state index contributed by atoms with van der Waals surface area (Å²) >= 11 is 0. The van der Waals surface area contributed by atoms with Crippen molar-refractivity contribution in [1.29, 1.82) is 0 Å². The molecule has 5 heteroatoms. The number of aromatic nitrogens is 4. The molecule has 1 aliphatic heterocycles. The fourth-order valence-corrected chi connectivity index (χ4v) is 8.17. The Morgan fingerprint density at radius 3 is 1.69 bits per heavy atom. The Labute approximate surface area is 312 Å². The van der Waals surface area contributed by atoms with E-state index in [1.807, 2.05) is 60.7 Å². The molecule has 54 heavy (non-hydrogen) atoms. The molecule has 0 saturated heterocycles. The summed E-state index contributed by atoms with van der Waals surface area (Å²) in [5, 5.41) is 4.87. The highest BCUT2D eigenvalue weighted by molar-refractivity contribution is 6.22. The first-order valence-corrected chi connectivity index (χ1v) is 18.2. The summed E-state index contributed by atoms with van der Waals surface area (Å²) in [6.45, 7) is 0. The van der Waals surface area contributed by atoms with Crippen LogP contribution in [0.2, 0.25) is 0 Å². The van der Waals surface area contributed by atoms with Crippen molar-refractivity contribution in [2.45, 2.75) is 0 Å². The van der Waals surface area contributed by atoms with Crippen LogP contribution in [0.1, 0.15) is 0 Å². The van der Waals surface area contributed by atoms with Crippen molar-refractivity contribution >= 4 is 49.6 Å². The number of benzene rings is 8. The van der Waals surface area contributed by atoms with Crippen LogP contribution < -0.4 is 4.90 Å². The van der Waals surface area contributed by atoms with Gasteiger partial charge in [-0.1, -0.05) is 152 Å². The van der Waals surface area contributed by atoms with Crippen molar-refractivity contribution in [2.75, 3.05) is 4.90 Å². The van der Waals surface area contributed by atoms with Crippen molar-refractivity contribution in [2.24, 2.45) is 0 Å². The number of rotatable bonds is 5. The lowest BCUT2D eigenvalue weighted by Crippen LogP contribution is -2.16. The van der Waals surface area contributed by atoms with E-state index >= 15 is 0 Å². The third-order valence-corrected chi connectivity index (χ3v) is 10.5. The van der Waals surface area contributed by atoms with Gasteiger partial charge in [-0.25, -0.2) is 15.0 Å². The first kappa shape index (κ1) is 30.3. The minimum atomic E-state index is 0.622. The molecule has 5 nitrogen and oxygen atoms in total. The van der Waals surface area contributed by atoms with Crippen LogP contribution in [0.3, 0.4) is 0 Å². The van der Waals surface area contributed by atoms with E-state index in [2.05, 4.69) is 137 Å². The molecule has 0 fully saturated rings. The summed E-state index contributed by atoms with van der Waals surface area (Å²) in [6, 6.07) is 66.2. The lowest BCUT2D eigenvalue weighted by atomic mass is 9.89. The zero-order valence-corrected chi connectivity index (χ0v) is 29.1. The van der Waals surface area contributed by atoms with Gasteiger partial charge in [0.05, 0.1) is 22.4 Å². The maximum atomic E-state index is 5.09. The minimum absolute atomic E-state index is 0.622. The third-order valence-electron chi connectivity index (χ3n) is 10.5. The predicted octanol–water partition coefficient (Wildman–Crippen LogP) is 12.6. The second kappa shape index (κ2) is 12.1. The Balaban J connectivity index is 1.20. The fraction of sp³-hybridized carbons (Fsp3) is 0. The Morgan fingerprint density at radius 1 is 0.389 bits per heavy atom. The van der Waals surface area contributed by atoms with Crippen LogP contribution in [0.4, 0.5) is 17.1 Å². The molecule has 0 atom stereocenters. The van der Waals surface area contributed by atoms with Crippen LogP contribution in [-0.2, 0) is 0 Å². The molecule has 252 valence electrons. The van der Waals surface area contributed by atoms with E-state index in [0.29, 0.717) is 17.5 Å². The average Bonchev–Trinajstić information content (AvgIpc) is 3.59. The second-order valence-corrected chi connectivity index (χ2v) is 13.7. The molecule has 1 aliphatic rings. The van der Waals surface area contributed by atoms with Gasteiger partial charge in [0.25, 0.3) is 0 Å². The van der Waals surface area contributed by atoms with Crippen molar-refractivity contribution < 1.29 is 0 Å². The Bertz CT molecular complexity index is 2980. The smallest absolute Gasteiger partial charge is 0.164 e. The molecule has 2 aromatic heterocycles. The van der Waals surface area contributed by atoms with Crippen LogP contribution in [0.25, 0.3) is 83.6 Å². The number of para-hydroxylation sites is 2. The summed E-state index contributed by atoms with van der Waals surface area (Å²) in [4.78, 5) is 17.6. The van der Waals surface area contributed by atoms with Crippen LogP contribution in [0.5, 0.6) is 0 Å². The number of hydrogen-bond donors (Lipinski definition) is 0. The first-order valence-electron chi connectivity index (χ1n) is 18.2. The highest BCUT2D eigenvalue weighted by Gasteiger charge is 2.30. The largest absolute Gasteiger partial charge is 0.307 e. The molecule has 11 rings (SSSR count). The lowest BCUT2D eigenvalue weighted by molar-refractivity contribution is 1.07. The molecule has 8 aromatic carbocycles. The number of hydrogen-bond acceptors (Lipinski definition) is 4. The maximum absolute atomic E-state index is 5.09. The lowest BCUT2D eigenvalue weighted by Gasteiger charge is -2.34. The maximum Gasteiger partial charge on any atom is 0.164 e. The van der Waals surface area contributed by atoms with Crippen LogP contribution in [0.15, 0.2) is 188 Å². The molecule has 10 aromatic rings. The zero-order valence-electron chi connectivity index (χ0n) is 29.1. The summed E-state index contributed by atoms with van der Waals surface area (Å²) < 4.78 is 2.43. The Morgan fingerprint density at radius 2 is 0.963 bits per heavy atom. The topological polar surface area (TPSA) is 46.8 Å². The van der Waals surface area contributed by atoms with Gasteiger partial charge in [-0.2, -0.15) is 0 Å². The SMILES string of the molecule is c1ccc(-c2nc(-c3ccccc3)nc(-c3cccc(N4c5cccc6cccc(c56)-c5ccc6c7ccccc7n(-c7ccccc7)c6c54)c3)n2)cc1. The van der Waals surface area contributed by atoms with Gasteiger partial charge < -0.3 is 9.47 Å². The molecular weight excluding hydrogens is 659 g/mol. The van der Waals surface area contributed by atoms with Gasteiger partial charge in [0, 0.05) is 49.8 Å². The van der Waals surface area contributed by atoms with Gasteiger partial charge in [0.1, 0.15) is 0 Å². The van der Waals surface area contributed by atoms with Crippen LogP contribution >= 0.6 is 0 Å². The van der Waals surface area contributed by atoms with E-state index in [4.69, 9.17) is 15.0 Å². The van der Waals surface area contributed by atoms with Gasteiger partial charge in [-0.15, -0.1) is 0 Å². The van der Waals surface area contributed by atoms with E-state index in [9.17, 15) is 0 Å². The zero-order chi connectivity index (χ0) is 35.6. The Hall–Kier alpha value is -7.37. The molecule has 3 heterocycles. The molecule has 0 radical (unpaired) electrons. The van der Waals surface area contributed by atoms with E-state index in [-0.39, 0.29) is 0 Å². The number of nitrogens with zero attached hydrogens (tertiary/aromatic N) is 5. The predicted molar refractivity (Wildman–Crippen MR) is 222 cm³/mol. The summed E-state index contributed by atoms with van der Waals surface area (Å²) in [5.74, 6) is 1.90. The molecule has 0 bridgehead atoms. The van der Waals surface area contributed by atoms with Crippen molar-refractivity contribution in [3.8, 4) is 51.0 Å². The molecule has 0 unspecified atom stereocenters. The number of anilines is 3. The molecule has 0 aliphatic carbocycles. The van der Waals surface area contributed by atoms with Crippen molar-refractivity contribution in [3.05, 3.63) is 188 Å². The number of fused-ring (bicyclic) bond motifs is 6. The monoisotopic (exact) mass is 689 g/mol. The minimum Gasteiger partial charge on any atom is -0.307 e.